The molecule has 27 heavy (non-hydrogen) atoms. The van der Waals surface area contributed by atoms with Gasteiger partial charge < -0.3 is 19.8 Å². The van der Waals surface area contributed by atoms with Gasteiger partial charge in [0.05, 0.1) is 30.3 Å². The van der Waals surface area contributed by atoms with Crippen LogP contribution >= 0.6 is 0 Å². The van der Waals surface area contributed by atoms with Crippen molar-refractivity contribution in [2.45, 2.75) is 19.9 Å². The Bertz CT molecular complexity index is 990. The van der Waals surface area contributed by atoms with E-state index in [1.54, 1.807) is 29.9 Å². The van der Waals surface area contributed by atoms with Crippen molar-refractivity contribution in [1.82, 2.24) is 14.9 Å². The molecule has 0 aliphatic heterocycles. The van der Waals surface area contributed by atoms with Gasteiger partial charge in [-0.2, -0.15) is 0 Å². The molecular formula is C20H23N3O4. The molecule has 0 fully saturated rings. The first-order chi connectivity index (χ1) is 13.1. The summed E-state index contributed by atoms with van der Waals surface area (Å²) in [7, 11) is 1.57. The summed E-state index contributed by atoms with van der Waals surface area (Å²) in [6.45, 7) is 3.20. The molecule has 1 aromatic heterocycles. The summed E-state index contributed by atoms with van der Waals surface area (Å²) in [5, 5.41) is 2.85. The van der Waals surface area contributed by atoms with Crippen molar-refractivity contribution in [2.75, 3.05) is 20.3 Å². The average Bonchev–Trinajstić information content (AvgIpc) is 3.01. The molecule has 0 spiro atoms. The van der Waals surface area contributed by atoms with Gasteiger partial charge in [0, 0.05) is 19.2 Å². The number of carbonyl (C=O) groups excluding carboxylic acids is 1. The number of H-pyrrole nitrogens is 1. The van der Waals surface area contributed by atoms with Crippen LogP contribution in [0.4, 0.5) is 0 Å². The Balaban J connectivity index is 1.70. The predicted molar refractivity (Wildman–Crippen MR) is 104 cm³/mol. The molecule has 0 bridgehead atoms. The molecule has 7 nitrogen and oxygen atoms in total. The second-order valence-corrected chi connectivity index (χ2v) is 6.07. The molecule has 0 saturated heterocycles. The molecule has 7 heteroatoms. The molecule has 2 aromatic carbocycles. The molecule has 1 amide bonds. The lowest BCUT2D eigenvalue weighted by Crippen LogP contribution is -2.30. The third kappa shape index (κ3) is 4.13. The van der Waals surface area contributed by atoms with E-state index in [-0.39, 0.29) is 11.6 Å². The number of fused-ring (bicyclic) bond motifs is 1. The van der Waals surface area contributed by atoms with Crippen molar-refractivity contribution < 1.29 is 14.3 Å². The number of nitrogens with one attached hydrogen (secondary N) is 2. The van der Waals surface area contributed by atoms with Crippen LogP contribution in [0.3, 0.4) is 0 Å². The second kappa shape index (κ2) is 8.44. The Kier molecular flexibility index (Phi) is 5.80. The lowest BCUT2D eigenvalue weighted by Gasteiger charge is -2.13. The van der Waals surface area contributed by atoms with E-state index in [2.05, 4.69) is 10.3 Å². The Morgan fingerprint density at radius 1 is 1.22 bits per heavy atom. The minimum Gasteiger partial charge on any atom is -0.497 e. The lowest BCUT2D eigenvalue weighted by molar-refractivity contribution is 0.0948. The normalized spacial score (nSPS) is 10.7. The van der Waals surface area contributed by atoms with Crippen molar-refractivity contribution in [1.29, 1.82) is 0 Å². The third-order valence-corrected chi connectivity index (χ3v) is 4.20. The number of amides is 1. The monoisotopic (exact) mass is 369 g/mol. The Hall–Kier alpha value is -3.22. The molecule has 3 rings (SSSR count). The highest BCUT2D eigenvalue weighted by atomic mass is 16.5. The molecule has 1 heterocycles. The minimum absolute atomic E-state index is 0.193. The van der Waals surface area contributed by atoms with Crippen molar-refractivity contribution >= 4 is 16.9 Å². The van der Waals surface area contributed by atoms with Crippen LogP contribution in [0.25, 0.3) is 11.0 Å². The van der Waals surface area contributed by atoms with Gasteiger partial charge in [-0.1, -0.05) is 19.1 Å². The fraction of sp³-hybridized carbons (Fsp3) is 0.300. The maximum absolute atomic E-state index is 12.6. The number of benzene rings is 2. The molecule has 0 atom stereocenters. The first-order valence-corrected chi connectivity index (χ1v) is 8.90. The molecule has 0 aliphatic carbocycles. The number of ether oxygens (including phenoxy) is 2. The number of hydrogen-bond donors (Lipinski definition) is 2. The quantitative estimate of drug-likeness (QED) is 0.639. The van der Waals surface area contributed by atoms with E-state index in [4.69, 9.17) is 9.47 Å². The highest BCUT2D eigenvalue weighted by Crippen LogP contribution is 2.25. The number of imidazole rings is 1. The van der Waals surface area contributed by atoms with Crippen LogP contribution in [0.15, 0.2) is 47.3 Å². The molecule has 142 valence electrons. The molecule has 0 radical (unpaired) electrons. The van der Waals surface area contributed by atoms with E-state index in [0.29, 0.717) is 36.8 Å². The number of aromatic nitrogens is 2. The number of aromatic amines is 1. The maximum Gasteiger partial charge on any atom is 0.326 e. The molecular weight excluding hydrogens is 346 g/mol. The van der Waals surface area contributed by atoms with Crippen LogP contribution in [-0.2, 0) is 6.54 Å². The Labute approximate surface area is 156 Å². The van der Waals surface area contributed by atoms with Gasteiger partial charge in [-0.3, -0.25) is 9.36 Å². The first-order valence-electron chi connectivity index (χ1n) is 8.90. The van der Waals surface area contributed by atoms with E-state index in [0.717, 1.165) is 17.5 Å². The van der Waals surface area contributed by atoms with Crippen LogP contribution in [0, 0.1) is 0 Å². The van der Waals surface area contributed by atoms with Gasteiger partial charge in [-0.15, -0.1) is 0 Å². The zero-order valence-electron chi connectivity index (χ0n) is 15.5. The van der Waals surface area contributed by atoms with Crippen LogP contribution in [0.1, 0.15) is 23.7 Å². The number of hydrogen-bond acceptors (Lipinski definition) is 4. The number of para-hydroxylation sites is 2. The Morgan fingerprint density at radius 2 is 2.04 bits per heavy atom. The lowest BCUT2D eigenvalue weighted by atomic mass is 10.1. The van der Waals surface area contributed by atoms with Gasteiger partial charge in [0.25, 0.3) is 5.91 Å². The van der Waals surface area contributed by atoms with Crippen molar-refractivity contribution in [2.24, 2.45) is 0 Å². The number of carbonyl (C=O) groups is 1. The standard InChI is InChI=1S/C20H23N3O4/c1-3-12-27-18-13-14(26-2)8-9-15(18)19(24)21-10-11-23-17-7-5-4-6-16(17)22-20(23)25/h4-9,13H,3,10-12H2,1-2H3,(H,21,24)(H,22,25). The fourth-order valence-corrected chi connectivity index (χ4v) is 2.85. The summed E-state index contributed by atoms with van der Waals surface area (Å²) < 4.78 is 12.5. The van der Waals surface area contributed by atoms with Gasteiger partial charge in [-0.25, -0.2) is 4.79 Å². The van der Waals surface area contributed by atoms with Crippen LogP contribution in [-0.4, -0.2) is 35.7 Å². The molecule has 3 aromatic rings. The molecule has 2 N–H and O–H groups in total. The SMILES string of the molecule is CCCOc1cc(OC)ccc1C(=O)NCCn1c(=O)[nH]c2ccccc21. The summed E-state index contributed by atoms with van der Waals surface area (Å²) >= 11 is 0. The maximum atomic E-state index is 12.6. The molecule has 0 unspecified atom stereocenters. The summed E-state index contributed by atoms with van der Waals surface area (Å²) in [4.78, 5) is 27.5. The molecule has 0 aliphatic rings. The van der Waals surface area contributed by atoms with E-state index in [1.807, 2.05) is 31.2 Å². The zero-order chi connectivity index (χ0) is 19.2. The van der Waals surface area contributed by atoms with E-state index >= 15 is 0 Å². The fourth-order valence-electron chi connectivity index (χ4n) is 2.85. The molecule has 0 saturated carbocycles. The topological polar surface area (TPSA) is 85.3 Å². The Morgan fingerprint density at radius 3 is 2.81 bits per heavy atom. The van der Waals surface area contributed by atoms with Crippen molar-refractivity contribution in [3.05, 3.63) is 58.5 Å². The smallest absolute Gasteiger partial charge is 0.326 e. The van der Waals surface area contributed by atoms with Crippen LogP contribution in [0.5, 0.6) is 11.5 Å². The summed E-state index contributed by atoms with van der Waals surface area (Å²) in [5.74, 6) is 0.859. The largest absolute Gasteiger partial charge is 0.497 e. The van der Waals surface area contributed by atoms with Gasteiger partial charge in [0.2, 0.25) is 0 Å². The van der Waals surface area contributed by atoms with Gasteiger partial charge in [0.1, 0.15) is 11.5 Å². The summed E-state index contributed by atoms with van der Waals surface area (Å²) in [6.07, 6.45) is 0.835. The number of rotatable bonds is 8. The van der Waals surface area contributed by atoms with E-state index < -0.39 is 0 Å². The second-order valence-electron chi connectivity index (χ2n) is 6.07. The summed E-state index contributed by atoms with van der Waals surface area (Å²) in [5.41, 5.74) is 1.84. The van der Waals surface area contributed by atoms with Gasteiger partial charge >= 0.3 is 5.69 Å². The summed E-state index contributed by atoms with van der Waals surface area (Å²) in [6, 6.07) is 12.6. The highest BCUT2D eigenvalue weighted by Gasteiger charge is 2.14. The van der Waals surface area contributed by atoms with E-state index in [9.17, 15) is 9.59 Å². The highest BCUT2D eigenvalue weighted by molar-refractivity contribution is 5.97. The predicted octanol–water partition coefficient (Wildman–Crippen LogP) is 2.56. The average molecular weight is 369 g/mol. The van der Waals surface area contributed by atoms with E-state index in [1.165, 1.54) is 0 Å². The van der Waals surface area contributed by atoms with Crippen molar-refractivity contribution in [3.63, 3.8) is 0 Å². The number of nitrogens with zero attached hydrogens (tertiary/aromatic N) is 1. The number of methoxy groups -OCH3 is 1. The van der Waals surface area contributed by atoms with Gasteiger partial charge in [-0.05, 0) is 30.7 Å². The van der Waals surface area contributed by atoms with Crippen LogP contribution < -0.4 is 20.5 Å². The third-order valence-electron chi connectivity index (χ3n) is 4.20. The first kappa shape index (κ1) is 18.6. The van der Waals surface area contributed by atoms with Gasteiger partial charge in [0.15, 0.2) is 0 Å². The van der Waals surface area contributed by atoms with Crippen LogP contribution in [0.2, 0.25) is 0 Å². The zero-order valence-corrected chi connectivity index (χ0v) is 15.5. The van der Waals surface area contributed by atoms with Crippen molar-refractivity contribution in [3.8, 4) is 11.5 Å². The minimum atomic E-state index is -0.253.